The predicted molar refractivity (Wildman–Crippen MR) is 84.6 cm³/mol. The van der Waals surface area contributed by atoms with Gasteiger partial charge in [-0.3, -0.25) is 9.59 Å². The first-order valence-electron chi connectivity index (χ1n) is 7.01. The Labute approximate surface area is 125 Å². The van der Waals surface area contributed by atoms with Gasteiger partial charge in [0.05, 0.1) is 0 Å². The molecule has 0 aromatic heterocycles. The SMILES string of the molecule is Cc1ccc(NC(=O)CCC(=O)c2ccccc2)c(C)c1. The molecule has 1 N–H and O–H groups in total. The van der Waals surface area contributed by atoms with Gasteiger partial charge in [-0.25, -0.2) is 0 Å². The van der Waals surface area contributed by atoms with Crippen LogP contribution < -0.4 is 5.32 Å². The summed E-state index contributed by atoms with van der Waals surface area (Å²) in [5.41, 5.74) is 3.64. The van der Waals surface area contributed by atoms with Crippen LogP contribution in [0.2, 0.25) is 0 Å². The molecule has 0 saturated heterocycles. The lowest BCUT2D eigenvalue weighted by atomic mass is 10.1. The van der Waals surface area contributed by atoms with Gasteiger partial charge < -0.3 is 5.32 Å². The number of amides is 1. The monoisotopic (exact) mass is 281 g/mol. The maximum atomic E-state index is 11.9. The molecule has 0 spiro atoms. The lowest BCUT2D eigenvalue weighted by molar-refractivity contribution is -0.116. The Morgan fingerprint density at radius 1 is 0.952 bits per heavy atom. The summed E-state index contributed by atoms with van der Waals surface area (Å²) < 4.78 is 0. The van der Waals surface area contributed by atoms with Crippen molar-refractivity contribution in [2.75, 3.05) is 5.32 Å². The van der Waals surface area contributed by atoms with Crippen molar-refractivity contribution in [1.82, 2.24) is 0 Å². The fourth-order valence-corrected chi connectivity index (χ4v) is 2.16. The minimum absolute atomic E-state index is 0.00798. The predicted octanol–water partition coefficient (Wildman–Crippen LogP) is 3.91. The van der Waals surface area contributed by atoms with E-state index in [0.717, 1.165) is 16.8 Å². The van der Waals surface area contributed by atoms with E-state index in [1.54, 1.807) is 12.1 Å². The number of anilines is 1. The smallest absolute Gasteiger partial charge is 0.224 e. The third-order valence-electron chi connectivity index (χ3n) is 3.33. The summed E-state index contributed by atoms with van der Waals surface area (Å²) in [6, 6.07) is 14.9. The number of ketones is 1. The van der Waals surface area contributed by atoms with Gasteiger partial charge in [0.2, 0.25) is 5.91 Å². The summed E-state index contributed by atoms with van der Waals surface area (Å²) in [4.78, 5) is 23.9. The molecule has 0 aliphatic heterocycles. The van der Waals surface area contributed by atoms with Crippen LogP contribution in [-0.4, -0.2) is 11.7 Å². The number of carbonyl (C=O) groups is 2. The molecule has 0 saturated carbocycles. The topological polar surface area (TPSA) is 46.2 Å². The summed E-state index contributed by atoms with van der Waals surface area (Å²) >= 11 is 0. The molecule has 2 aromatic rings. The van der Waals surface area contributed by atoms with Crippen molar-refractivity contribution in [3.8, 4) is 0 Å². The van der Waals surface area contributed by atoms with Gasteiger partial charge in [0.25, 0.3) is 0 Å². The molecule has 3 heteroatoms. The Kier molecular flexibility index (Phi) is 4.88. The van der Waals surface area contributed by atoms with E-state index in [0.29, 0.717) is 5.56 Å². The van der Waals surface area contributed by atoms with Gasteiger partial charge in [0.15, 0.2) is 5.78 Å². The molecular formula is C18H19NO2. The molecule has 0 aliphatic rings. The highest BCUT2D eigenvalue weighted by Crippen LogP contribution is 2.16. The third-order valence-corrected chi connectivity index (χ3v) is 3.33. The lowest BCUT2D eigenvalue weighted by Gasteiger charge is -2.09. The summed E-state index contributed by atoms with van der Waals surface area (Å²) in [6.07, 6.45) is 0.418. The van der Waals surface area contributed by atoms with Crippen LogP contribution in [0.15, 0.2) is 48.5 Å². The molecular weight excluding hydrogens is 262 g/mol. The van der Waals surface area contributed by atoms with E-state index in [1.165, 1.54) is 0 Å². The summed E-state index contributed by atoms with van der Waals surface area (Å²) in [5, 5.41) is 2.85. The largest absolute Gasteiger partial charge is 0.326 e. The molecule has 0 heterocycles. The van der Waals surface area contributed by atoms with Crippen LogP contribution in [0.5, 0.6) is 0 Å². The number of nitrogens with one attached hydrogen (secondary N) is 1. The highest BCUT2D eigenvalue weighted by Gasteiger charge is 2.10. The first-order valence-corrected chi connectivity index (χ1v) is 7.01. The molecule has 0 aliphatic carbocycles. The number of aryl methyl sites for hydroxylation is 2. The van der Waals surface area contributed by atoms with Crippen LogP contribution in [0.4, 0.5) is 5.69 Å². The van der Waals surface area contributed by atoms with Gasteiger partial charge in [-0.1, -0.05) is 48.0 Å². The summed E-state index contributed by atoms with van der Waals surface area (Å²) in [6.45, 7) is 3.97. The van der Waals surface area contributed by atoms with Crippen molar-refractivity contribution in [1.29, 1.82) is 0 Å². The normalized spacial score (nSPS) is 10.2. The molecule has 0 bridgehead atoms. The van der Waals surface area contributed by atoms with Crippen LogP contribution in [0.25, 0.3) is 0 Å². The van der Waals surface area contributed by atoms with E-state index in [4.69, 9.17) is 0 Å². The molecule has 2 rings (SSSR count). The van der Waals surface area contributed by atoms with Crippen molar-refractivity contribution in [3.63, 3.8) is 0 Å². The maximum Gasteiger partial charge on any atom is 0.224 e. The third kappa shape index (κ3) is 4.28. The molecule has 0 radical (unpaired) electrons. The summed E-state index contributed by atoms with van der Waals surface area (Å²) in [7, 11) is 0. The molecule has 108 valence electrons. The van der Waals surface area contributed by atoms with Gasteiger partial charge in [-0.15, -0.1) is 0 Å². The average Bonchev–Trinajstić information content (AvgIpc) is 2.48. The van der Waals surface area contributed by atoms with Crippen molar-refractivity contribution in [3.05, 3.63) is 65.2 Å². The second-order valence-corrected chi connectivity index (χ2v) is 5.16. The Morgan fingerprint density at radius 2 is 1.67 bits per heavy atom. The van der Waals surface area contributed by atoms with E-state index in [-0.39, 0.29) is 24.5 Å². The second kappa shape index (κ2) is 6.84. The van der Waals surface area contributed by atoms with Gasteiger partial charge in [0, 0.05) is 24.1 Å². The Morgan fingerprint density at radius 3 is 2.33 bits per heavy atom. The van der Waals surface area contributed by atoms with Crippen LogP contribution in [0.3, 0.4) is 0 Å². The molecule has 1 amide bonds. The highest BCUT2D eigenvalue weighted by molar-refractivity contribution is 6.00. The van der Waals surface area contributed by atoms with Crippen LogP contribution >= 0.6 is 0 Å². The Bertz CT molecular complexity index is 648. The van der Waals surface area contributed by atoms with Gasteiger partial charge in [-0.05, 0) is 25.5 Å². The van der Waals surface area contributed by atoms with E-state index in [2.05, 4.69) is 5.32 Å². The zero-order valence-corrected chi connectivity index (χ0v) is 12.3. The molecule has 3 nitrogen and oxygen atoms in total. The Balaban J connectivity index is 1.89. The zero-order valence-electron chi connectivity index (χ0n) is 12.3. The number of hydrogen-bond acceptors (Lipinski definition) is 2. The lowest BCUT2D eigenvalue weighted by Crippen LogP contribution is -2.14. The van der Waals surface area contributed by atoms with Gasteiger partial charge in [-0.2, -0.15) is 0 Å². The molecule has 0 atom stereocenters. The van der Waals surface area contributed by atoms with Gasteiger partial charge >= 0.3 is 0 Å². The van der Waals surface area contributed by atoms with Crippen molar-refractivity contribution in [2.24, 2.45) is 0 Å². The first-order chi connectivity index (χ1) is 10.1. The molecule has 2 aromatic carbocycles. The van der Waals surface area contributed by atoms with E-state index in [9.17, 15) is 9.59 Å². The first kappa shape index (κ1) is 15.0. The average molecular weight is 281 g/mol. The fraction of sp³-hybridized carbons (Fsp3) is 0.222. The second-order valence-electron chi connectivity index (χ2n) is 5.16. The van der Waals surface area contributed by atoms with Crippen LogP contribution in [0, 0.1) is 13.8 Å². The van der Waals surface area contributed by atoms with Crippen molar-refractivity contribution < 1.29 is 9.59 Å². The molecule has 0 fully saturated rings. The van der Waals surface area contributed by atoms with Crippen LogP contribution in [-0.2, 0) is 4.79 Å². The fourth-order valence-electron chi connectivity index (χ4n) is 2.16. The van der Waals surface area contributed by atoms with Crippen LogP contribution in [0.1, 0.15) is 34.3 Å². The quantitative estimate of drug-likeness (QED) is 0.845. The van der Waals surface area contributed by atoms with E-state index < -0.39 is 0 Å². The number of hydrogen-bond donors (Lipinski definition) is 1. The van der Waals surface area contributed by atoms with Crippen molar-refractivity contribution in [2.45, 2.75) is 26.7 Å². The highest BCUT2D eigenvalue weighted by atomic mass is 16.2. The standard InChI is InChI=1S/C18H19NO2/c1-13-8-9-16(14(2)12-13)19-18(21)11-10-17(20)15-6-4-3-5-7-15/h3-9,12H,10-11H2,1-2H3,(H,19,21). The maximum absolute atomic E-state index is 11.9. The van der Waals surface area contributed by atoms with E-state index >= 15 is 0 Å². The summed E-state index contributed by atoms with van der Waals surface area (Å²) in [5.74, 6) is -0.141. The number of benzene rings is 2. The molecule has 0 unspecified atom stereocenters. The van der Waals surface area contributed by atoms with Crippen molar-refractivity contribution >= 4 is 17.4 Å². The minimum Gasteiger partial charge on any atom is -0.326 e. The Hall–Kier alpha value is -2.42. The minimum atomic E-state index is -0.133. The van der Waals surface area contributed by atoms with E-state index in [1.807, 2.05) is 50.2 Å². The zero-order chi connectivity index (χ0) is 15.2. The molecule has 21 heavy (non-hydrogen) atoms. The number of Topliss-reactive ketones (excluding diaryl/α,β-unsaturated/α-hetero) is 1. The number of carbonyl (C=O) groups excluding carboxylic acids is 2. The number of rotatable bonds is 5. The van der Waals surface area contributed by atoms with Gasteiger partial charge in [0.1, 0.15) is 0 Å².